The number of halogens is 4. The largest absolute Gasteiger partial charge is 0.426 e. The molecule has 1 aliphatic rings. The third-order valence-corrected chi connectivity index (χ3v) is 3.92. The Morgan fingerprint density at radius 1 is 0.962 bits per heavy atom. The van der Waals surface area contributed by atoms with E-state index in [4.69, 9.17) is 0 Å². The number of hydrogen-bond acceptors (Lipinski definition) is 3. The average molecular weight is 368 g/mol. The highest BCUT2D eigenvalue weighted by atomic mass is 19.4. The summed E-state index contributed by atoms with van der Waals surface area (Å²) in [6.07, 6.45) is -4.46. The third kappa shape index (κ3) is 3.32. The molecule has 1 saturated heterocycles. The maximum absolute atomic E-state index is 13.5. The van der Waals surface area contributed by atoms with Gasteiger partial charge in [-0.15, -0.1) is 0 Å². The number of carbonyl (C=O) groups is 2. The first-order chi connectivity index (χ1) is 12.3. The van der Waals surface area contributed by atoms with Crippen LogP contribution in [0.1, 0.15) is 5.56 Å². The number of anilines is 2. The first-order valence-electron chi connectivity index (χ1n) is 7.47. The summed E-state index contributed by atoms with van der Waals surface area (Å²) < 4.78 is 55.9. The van der Waals surface area contributed by atoms with Crippen LogP contribution in [-0.4, -0.2) is 25.6 Å². The second-order valence-electron chi connectivity index (χ2n) is 5.46. The SMILES string of the molecule is O=COc1cc(N2CCN(c3ccc(C(F)(F)F)cc3)C2=O)ccc1F. The Morgan fingerprint density at radius 2 is 1.54 bits per heavy atom. The quantitative estimate of drug-likeness (QED) is 0.609. The Labute approximate surface area is 145 Å². The lowest BCUT2D eigenvalue weighted by Gasteiger charge is -2.19. The summed E-state index contributed by atoms with van der Waals surface area (Å²) >= 11 is 0. The molecule has 26 heavy (non-hydrogen) atoms. The van der Waals surface area contributed by atoms with Crippen LogP contribution in [0.3, 0.4) is 0 Å². The Balaban J connectivity index is 1.82. The van der Waals surface area contributed by atoms with E-state index in [0.717, 1.165) is 18.2 Å². The van der Waals surface area contributed by atoms with Crippen molar-refractivity contribution in [3.63, 3.8) is 0 Å². The lowest BCUT2D eigenvalue weighted by molar-refractivity contribution is -0.137. The van der Waals surface area contributed by atoms with E-state index in [1.807, 2.05) is 0 Å². The lowest BCUT2D eigenvalue weighted by Crippen LogP contribution is -2.31. The zero-order chi connectivity index (χ0) is 18.9. The maximum atomic E-state index is 13.5. The first kappa shape index (κ1) is 17.7. The molecular weight excluding hydrogens is 356 g/mol. The second kappa shape index (κ2) is 6.66. The molecule has 1 fully saturated rings. The van der Waals surface area contributed by atoms with Crippen molar-refractivity contribution in [3.8, 4) is 5.75 Å². The van der Waals surface area contributed by atoms with Gasteiger partial charge in [0, 0.05) is 30.5 Å². The van der Waals surface area contributed by atoms with Gasteiger partial charge in [-0.25, -0.2) is 9.18 Å². The molecule has 0 aromatic heterocycles. The van der Waals surface area contributed by atoms with Crippen molar-refractivity contribution in [2.24, 2.45) is 0 Å². The van der Waals surface area contributed by atoms with Gasteiger partial charge in [-0.3, -0.25) is 14.6 Å². The minimum atomic E-state index is -4.46. The van der Waals surface area contributed by atoms with Gasteiger partial charge in [0.15, 0.2) is 11.6 Å². The van der Waals surface area contributed by atoms with E-state index < -0.39 is 23.6 Å². The molecule has 0 N–H and O–H groups in total. The van der Waals surface area contributed by atoms with Crippen molar-refractivity contribution < 1.29 is 31.9 Å². The van der Waals surface area contributed by atoms with Gasteiger partial charge in [0.05, 0.1) is 5.56 Å². The molecule has 1 aliphatic heterocycles. The number of ether oxygens (including phenoxy) is 1. The minimum absolute atomic E-state index is 0.0719. The van der Waals surface area contributed by atoms with E-state index in [9.17, 15) is 27.2 Å². The van der Waals surface area contributed by atoms with Crippen LogP contribution in [0.4, 0.5) is 33.7 Å². The van der Waals surface area contributed by atoms with Gasteiger partial charge in [0.1, 0.15) is 0 Å². The molecule has 0 bridgehead atoms. The molecule has 2 aromatic rings. The Bertz CT molecular complexity index is 837. The van der Waals surface area contributed by atoms with Gasteiger partial charge in [-0.1, -0.05) is 0 Å². The maximum Gasteiger partial charge on any atom is 0.416 e. The fourth-order valence-electron chi connectivity index (χ4n) is 2.65. The number of amides is 2. The number of urea groups is 1. The molecule has 3 rings (SSSR count). The fraction of sp³-hybridized carbons (Fsp3) is 0.176. The molecule has 0 atom stereocenters. The van der Waals surface area contributed by atoms with Crippen LogP contribution >= 0.6 is 0 Å². The molecule has 136 valence electrons. The Hall–Kier alpha value is -3.10. The van der Waals surface area contributed by atoms with Crippen molar-refractivity contribution in [2.45, 2.75) is 6.18 Å². The molecule has 0 unspecified atom stereocenters. The molecular formula is C17H12F4N2O3. The number of carbonyl (C=O) groups excluding carboxylic acids is 2. The summed E-state index contributed by atoms with van der Waals surface area (Å²) in [7, 11) is 0. The van der Waals surface area contributed by atoms with Crippen LogP contribution in [-0.2, 0) is 11.0 Å². The van der Waals surface area contributed by atoms with Crippen LogP contribution < -0.4 is 14.5 Å². The van der Waals surface area contributed by atoms with Gasteiger partial charge in [-0.05, 0) is 36.4 Å². The summed E-state index contributed by atoms with van der Waals surface area (Å²) in [5, 5.41) is 0. The summed E-state index contributed by atoms with van der Waals surface area (Å²) in [6, 6.07) is 7.37. The summed E-state index contributed by atoms with van der Waals surface area (Å²) in [5.74, 6) is -1.08. The smallest absolute Gasteiger partial charge is 0.416 e. The molecule has 0 spiro atoms. The molecule has 0 radical (unpaired) electrons. The molecule has 1 heterocycles. The van der Waals surface area contributed by atoms with Crippen LogP contribution in [0.5, 0.6) is 5.75 Å². The highest BCUT2D eigenvalue weighted by Gasteiger charge is 2.33. The van der Waals surface area contributed by atoms with E-state index in [0.29, 0.717) is 11.4 Å². The number of alkyl halides is 3. The summed E-state index contributed by atoms with van der Waals surface area (Å²) in [6.45, 7) is 0.556. The highest BCUT2D eigenvalue weighted by molar-refractivity contribution is 6.06. The molecule has 2 aromatic carbocycles. The van der Waals surface area contributed by atoms with Gasteiger partial charge < -0.3 is 4.74 Å². The van der Waals surface area contributed by atoms with Gasteiger partial charge >= 0.3 is 12.2 Å². The van der Waals surface area contributed by atoms with Gasteiger partial charge in [0.25, 0.3) is 6.47 Å². The van der Waals surface area contributed by atoms with Crippen LogP contribution in [0, 0.1) is 5.82 Å². The number of benzene rings is 2. The normalized spacial score (nSPS) is 14.7. The van der Waals surface area contributed by atoms with E-state index in [1.54, 1.807) is 0 Å². The Kier molecular flexibility index (Phi) is 4.54. The van der Waals surface area contributed by atoms with Crippen LogP contribution in [0.15, 0.2) is 42.5 Å². The standard InChI is InChI=1S/C17H12F4N2O3/c18-14-6-5-13(9-15(14)26-10-24)23-8-7-22(16(23)25)12-3-1-11(2-4-12)17(19,20)21/h1-6,9-10H,7-8H2. The lowest BCUT2D eigenvalue weighted by atomic mass is 10.2. The molecule has 9 heteroatoms. The van der Waals surface area contributed by atoms with E-state index >= 15 is 0 Å². The van der Waals surface area contributed by atoms with Gasteiger partial charge in [-0.2, -0.15) is 13.2 Å². The van der Waals surface area contributed by atoms with E-state index in [2.05, 4.69) is 4.74 Å². The first-order valence-corrected chi connectivity index (χ1v) is 7.47. The van der Waals surface area contributed by atoms with Crippen molar-refractivity contribution in [3.05, 3.63) is 53.8 Å². The number of hydrogen-bond donors (Lipinski definition) is 0. The third-order valence-electron chi connectivity index (χ3n) is 3.92. The van der Waals surface area contributed by atoms with Crippen molar-refractivity contribution in [2.75, 3.05) is 22.9 Å². The zero-order valence-electron chi connectivity index (χ0n) is 13.2. The van der Waals surface area contributed by atoms with Gasteiger partial charge in [0.2, 0.25) is 0 Å². The summed E-state index contributed by atoms with van der Waals surface area (Å²) in [4.78, 5) is 25.6. The van der Waals surface area contributed by atoms with E-state index in [-0.39, 0.29) is 25.3 Å². The van der Waals surface area contributed by atoms with Crippen molar-refractivity contribution in [1.29, 1.82) is 0 Å². The molecule has 2 amide bonds. The average Bonchev–Trinajstić information content (AvgIpc) is 2.98. The second-order valence-corrected chi connectivity index (χ2v) is 5.46. The topological polar surface area (TPSA) is 49.9 Å². The van der Waals surface area contributed by atoms with Crippen molar-refractivity contribution in [1.82, 2.24) is 0 Å². The molecule has 5 nitrogen and oxygen atoms in total. The Morgan fingerprint density at radius 3 is 2.12 bits per heavy atom. The van der Waals surface area contributed by atoms with Crippen LogP contribution in [0.25, 0.3) is 0 Å². The fourth-order valence-corrected chi connectivity index (χ4v) is 2.65. The van der Waals surface area contributed by atoms with Crippen molar-refractivity contribution >= 4 is 23.9 Å². The molecule has 0 saturated carbocycles. The number of rotatable bonds is 4. The van der Waals surface area contributed by atoms with Crippen LogP contribution in [0.2, 0.25) is 0 Å². The monoisotopic (exact) mass is 368 g/mol. The predicted octanol–water partition coefficient (Wildman–Crippen LogP) is 3.83. The highest BCUT2D eigenvalue weighted by Crippen LogP contribution is 2.32. The molecule has 0 aliphatic carbocycles. The zero-order valence-corrected chi connectivity index (χ0v) is 13.2. The number of nitrogens with zero attached hydrogens (tertiary/aromatic N) is 2. The van der Waals surface area contributed by atoms with E-state index in [1.165, 1.54) is 34.1 Å². The predicted molar refractivity (Wildman–Crippen MR) is 84.6 cm³/mol. The summed E-state index contributed by atoms with van der Waals surface area (Å²) in [5.41, 5.74) is -0.182. The minimum Gasteiger partial charge on any atom is -0.426 e.